The maximum absolute atomic E-state index is 12.3. The van der Waals surface area contributed by atoms with Crippen molar-refractivity contribution >= 4 is 114 Å². The first kappa shape index (κ1) is 51.1. The number of carbonyl (C=O) groups excluding carboxylic acids is 1. The molecule has 0 saturated heterocycles. The SMILES string of the molecule is Brc1cc(-n2c3ccccc3c3ccccc32)c(-n2c3ccccc3c3ccccc32)cc1Br.Fc1cc(Br)c(Br)cc1F.O=CO[O-].[Cs+].[Cs+].[H-].c1ccc2c(c1)Cc1ccccc1-2. The Hall–Kier alpha value is -1.33. The molecule has 0 unspecified atom stereocenters. The Morgan fingerprint density at radius 3 is 1.06 bits per heavy atom. The zero-order chi connectivity index (χ0) is 42.6. The van der Waals surface area contributed by atoms with Crippen LogP contribution < -0.4 is 143 Å². The zero-order valence-electron chi connectivity index (χ0n) is 34.8. The third-order valence-electron chi connectivity index (χ3n) is 10.4. The van der Waals surface area contributed by atoms with Gasteiger partial charge in [-0.15, -0.1) is 0 Å². The van der Waals surface area contributed by atoms with Crippen molar-refractivity contribution in [2.75, 3.05) is 0 Å². The second-order valence-corrected chi connectivity index (χ2v) is 17.3. The first-order chi connectivity index (χ1) is 29.7. The molecule has 63 heavy (non-hydrogen) atoms. The van der Waals surface area contributed by atoms with E-state index in [0.29, 0.717) is 8.95 Å². The van der Waals surface area contributed by atoms with E-state index in [2.05, 4.69) is 235 Å². The van der Waals surface area contributed by atoms with Crippen LogP contribution in [0.2, 0.25) is 0 Å². The first-order valence-corrected chi connectivity index (χ1v) is 22.0. The second-order valence-electron chi connectivity index (χ2n) is 13.9. The molecule has 13 heteroatoms. The van der Waals surface area contributed by atoms with Gasteiger partial charge in [0.15, 0.2) is 11.6 Å². The third-order valence-corrected chi connectivity index (χ3v) is 14.1. The number of nitrogens with zero attached hydrogens (tertiary/aromatic N) is 2. The molecule has 304 valence electrons. The molecule has 0 saturated carbocycles. The average molecular weight is 1330 g/mol. The Balaban J connectivity index is 0.000000211. The van der Waals surface area contributed by atoms with Crippen LogP contribution in [-0.2, 0) is 16.1 Å². The fourth-order valence-corrected chi connectivity index (χ4v) is 9.12. The van der Waals surface area contributed by atoms with Crippen LogP contribution in [0.1, 0.15) is 12.6 Å². The maximum Gasteiger partial charge on any atom is 1.00 e. The number of benzene rings is 8. The summed E-state index contributed by atoms with van der Waals surface area (Å²) in [7, 11) is 0. The predicted molar refractivity (Wildman–Crippen MR) is 255 cm³/mol. The molecule has 11 rings (SSSR count). The van der Waals surface area contributed by atoms with Gasteiger partial charge >= 0.3 is 138 Å². The minimum absolute atomic E-state index is 0. The van der Waals surface area contributed by atoms with Crippen LogP contribution in [0.15, 0.2) is 188 Å². The fourth-order valence-electron chi connectivity index (χ4n) is 7.83. The molecule has 0 spiro atoms. The molecule has 0 N–H and O–H groups in total. The summed E-state index contributed by atoms with van der Waals surface area (Å²) in [5.41, 5.74) is 12.8. The Labute approximate surface area is 515 Å². The van der Waals surface area contributed by atoms with Crippen molar-refractivity contribution in [3.05, 3.63) is 211 Å². The van der Waals surface area contributed by atoms with E-state index in [9.17, 15) is 8.78 Å². The molecule has 0 aliphatic heterocycles. The van der Waals surface area contributed by atoms with Gasteiger partial charge in [-0.3, -0.25) is 4.79 Å². The summed E-state index contributed by atoms with van der Waals surface area (Å²) in [5, 5.41) is 13.5. The molecule has 8 aromatic carbocycles. The van der Waals surface area contributed by atoms with Gasteiger partial charge in [0.25, 0.3) is 6.47 Å². The molecular weight excluding hydrogens is 1300 g/mol. The minimum atomic E-state index is -0.852. The summed E-state index contributed by atoms with van der Waals surface area (Å²) < 4.78 is 32.5. The van der Waals surface area contributed by atoms with Crippen LogP contribution in [-0.4, -0.2) is 15.6 Å². The summed E-state index contributed by atoms with van der Waals surface area (Å²) in [5.74, 6) is -1.70. The van der Waals surface area contributed by atoms with Gasteiger partial charge in [-0.25, -0.2) is 8.78 Å². The molecule has 2 heterocycles. The molecule has 0 bridgehead atoms. The smallest absolute Gasteiger partial charge is 1.00 e. The number of halogens is 6. The van der Waals surface area contributed by atoms with E-state index < -0.39 is 11.6 Å². The number of hydrogen-bond acceptors (Lipinski definition) is 3. The number of aromatic nitrogens is 2. The van der Waals surface area contributed by atoms with Gasteiger partial charge < -0.3 is 20.7 Å². The van der Waals surface area contributed by atoms with Crippen molar-refractivity contribution < 1.29 is 163 Å². The van der Waals surface area contributed by atoms with Crippen molar-refractivity contribution in [3.63, 3.8) is 0 Å². The Morgan fingerprint density at radius 2 is 0.746 bits per heavy atom. The Morgan fingerprint density at radius 1 is 0.476 bits per heavy atom. The van der Waals surface area contributed by atoms with Crippen LogP contribution >= 0.6 is 63.7 Å². The van der Waals surface area contributed by atoms with Crippen molar-refractivity contribution in [2.45, 2.75) is 6.42 Å². The van der Waals surface area contributed by atoms with E-state index in [1.54, 1.807) is 0 Å². The van der Waals surface area contributed by atoms with Gasteiger partial charge in [0.05, 0.1) is 33.4 Å². The van der Waals surface area contributed by atoms with Crippen LogP contribution in [0.5, 0.6) is 0 Å². The normalized spacial score (nSPS) is 10.8. The van der Waals surface area contributed by atoms with Gasteiger partial charge in [-0.1, -0.05) is 121 Å². The van der Waals surface area contributed by atoms with E-state index in [1.165, 1.54) is 65.9 Å². The molecule has 0 amide bonds. The Kier molecular flexibility index (Phi) is 19.1. The summed E-state index contributed by atoms with van der Waals surface area (Å²) in [4.78, 5) is 11.2. The van der Waals surface area contributed by atoms with E-state index >= 15 is 0 Å². The monoisotopic (exact) mass is 1330 g/mol. The van der Waals surface area contributed by atoms with E-state index in [-0.39, 0.29) is 146 Å². The summed E-state index contributed by atoms with van der Waals surface area (Å²) in [6, 6.07) is 58.5. The van der Waals surface area contributed by atoms with Gasteiger partial charge in [-0.05, 0) is 141 Å². The topological polar surface area (TPSA) is 59.2 Å². The van der Waals surface area contributed by atoms with Gasteiger partial charge in [0.1, 0.15) is 0 Å². The number of para-hydroxylation sites is 4. The van der Waals surface area contributed by atoms with Crippen LogP contribution in [0.4, 0.5) is 8.78 Å². The summed E-state index contributed by atoms with van der Waals surface area (Å²) in [6.07, 6.45) is 1.10. The number of fused-ring (bicyclic) bond motifs is 9. The molecule has 2 aromatic heterocycles. The van der Waals surface area contributed by atoms with E-state index in [4.69, 9.17) is 10.1 Å². The van der Waals surface area contributed by atoms with Gasteiger partial charge in [0.2, 0.25) is 0 Å². The molecular formula is C50H32Br4Cs2F2N2O3. The standard InChI is InChI=1S/C30H18Br2N2.C13H10.C6H2Br2F2.CH2O3.2Cs.H/c31-23-17-29(33-25-13-5-1-9-19(25)20-10-2-6-14-26(20)33)30(18-24(23)32)34-27-15-7-3-11-21(27)22-12-4-8-16-28(22)34;1-3-7-12-10(5-1)9-11-6-2-4-8-13(11)12;7-3-1-5(9)6(10)2-4(3)8;2-1-4-3;;;/h1-18H;1-8H,9H2;1-2H;1,3H;;;/q;;;;2*+1;-1/p-1. The zero-order valence-corrected chi connectivity index (χ0v) is 52.7. The molecule has 1 aliphatic carbocycles. The number of carbonyl (C=O) groups is 1. The summed E-state index contributed by atoms with van der Waals surface area (Å²) in [6.45, 7) is -0.181. The maximum atomic E-state index is 12.3. The molecule has 0 fully saturated rings. The molecule has 5 nitrogen and oxygen atoms in total. The largest absolute Gasteiger partial charge is 1.00 e. The molecule has 10 aromatic rings. The quantitative estimate of drug-likeness (QED) is 0.0771. The first-order valence-electron chi connectivity index (χ1n) is 18.8. The number of hydrogen-bond donors (Lipinski definition) is 0. The van der Waals surface area contributed by atoms with E-state index in [0.717, 1.165) is 38.9 Å². The third kappa shape index (κ3) is 11.0. The minimum Gasteiger partial charge on any atom is -1.00 e. The van der Waals surface area contributed by atoms with Gasteiger partial charge in [-0.2, -0.15) is 0 Å². The molecule has 1 aliphatic rings. The molecule has 0 atom stereocenters. The van der Waals surface area contributed by atoms with E-state index in [1.807, 2.05) is 0 Å². The number of rotatable bonds is 3. The van der Waals surface area contributed by atoms with Crippen molar-refractivity contribution in [1.82, 2.24) is 9.13 Å². The van der Waals surface area contributed by atoms with Crippen LogP contribution in [0.25, 0.3) is 66.1 Å². The van der Waals surface area contributed by atoms with Crippen molar-refractivity contribution in [1.29, 1.82) is 0 Å². The fraction of sp³-hybridized carbons (Fsp3) is 0.0200. The van der Waals surface area contributed by atoms with Crippen molar-refractivity contribution in [3.8, 4) is 22.5 Å². The summed E-state index contributed by atoms with van der Waals surface area (Å²) >= 11 is 13.6. The molecule has 0 radical (unpaired) electrons. The predicted octanol–water partition coefficient (Wildman–Crippen LogP) is 8.71. The second kappa shape index (κ2) is 23.6. The van der Waals surface area contributed by atoms with Crippen molar-refractivity contribution in [2.24, 2.45) is 0 Å². The van der Waals surface area contributed by atoms with Crippen LogP contribution in [0, 0.1) is 11.6 Å². The Bertz CT molecular complexity index is 2920. The average Bonchev–Trinajstić information content (AvgIpc) is 3.95. The van der Waals surface area contributed by atoms with Gasteiger partial charge in [0, 0.05) is 39.4 Å². The van der Waals surface area contributed by atoms with Crippen LogP contribution in [0.3, 0.4) is 0 Å².